The minimum atomic E-state index is -0.849. The quantitative estimate of drug-likeness (QED) is 0.746. The molecule has 0 spiro atoms. The molecule has 21 heavy (non-hydrogen) atoms. The van der Waals surface area contributed by atoms with Crippen LogP contribution in [-0.2, 0) is 4.79 Å². The zero-order chi connectivity index (χ0) is 15.8. The molecule has 2 atom stereocenters. The first-order valence-electron chi connectivity index (χ1n) is 7.01. The highest BCUT2D eigenvalue weighted by Crippen LogP contribution is 2.27. The van der Waals surface area contributed by atoms with Crippen molar-refractivity contribution in [1.29, 1.82) is 0 Å². The minimum Gasteiger partial charge on any atom is -0.481 e. The van der Waals surface area contributed by atoms with Gasteiger partial charge in [0.05, 0.1) is 6.10 Å². The van der Waals surface area contributed by atoms with Gasteiger partial charge in [-0.15, -0.1) is 0 Å². The predicted molar refractivity (Wildman–Crippen MR) is 79.0 cm³/mol. The molecular weight excluding hydrogens is 272 g/mol. The third-order valence-corrected chi connectivity index (χ3v) is 2.91. The fourth-order valence-electron chi connectivity index (χ4n) is 1.75. The lowest BCUT2D eigenvalue weighted by atomic mass is 10.1. The summed E-state index contributed by atoms with van der Waals surface area (Å²) in [5.74, 6) is -0.104. The Balaban J connectivity index is 2.72. The number of benzene rings is 1. The highest BCUT2D eigenvalue weighted by Gasteiger charge is 2.19. The van der Waals surface area contributed by atoms with Gasteiger partial charge in [0.1, 0.15) is 5.75 Å². The molecule has 3 amide bonds. The van der Waals surface area contributed by atoms with Crippen molar-refractivity contribution >= 4 is 11.9 Å². The van der Waals surface area contributed by atoms with Crippen molar-refractivity contribution in [2.75, 3.05) is 6.54 Å². The summed E-state index contributed by atoms with van der Waals surface area (Å²) in [7, 11) is 0. The number of carbonyl (C=O) groups is 2. The van der Waals surface area contributed by atoms with Crippen molar-refractivity contribution in [3.63, 3.8) is 0 Å². The van der Waals surface area contributed by atoms with Crippen LogP contribution in [-0.4, -0.2) is 29.7 Å². The van der Waals surface area contributed by atoms with E-state index in [0.29, 0.717) is 24.3 Å². The topological polar surface area (TPSA) is 87.7 Å². The van der Waals surface area contributed by atoms with Gasteiger partial charge in [-0.1, -0.05) is 25.1 Å². The van der Waals surface area contributed by atoms with Gasteiger partial charge < -0.3 is 15.2 Å². The number of amides is 3. The minimum absolute atomic E-state index is 0.430. The molecule has 3 N–H and O–H groups in total. The summed E-state index contributed by atoms with van der Waals surface area (Å²) in [5, 5.41) is 14.6. The van der Waals surface area contributed by atoms with Gasteiger partial charge in [-0.05, 0) is 26.3 Å². The van der Waals surface area contributed by atoms with E-state index in [9.17, 15) is 14.7 Å². The maximum atomic E-state index is 11.8. The predicted octanol–water partition coefficient (Wildman–Crippen LogP) is 1.74. The van der Waals surface area contributed by atoms with Crippen LogP contribution >= 0.6 is 0 Å². The Morgan fingerprint density at radius 1 is 1.29 bits per heavy atom. The van der Waals surface area contributed by atoms with Crippen molar-refractivity contribution in [2.45, 2.75) is 39.4 Å². The van der Waals surface area contributed by atoms with E-state index in [1.165, 1.54) is 0 Å². The van der Waals surface area contributed by atoms with Crippen molar-refractivity contribution in [2.24, 2.45) is 0 Å². The molecule has 116 valence electrons. The van der Waals surface area contributed by atoms with Crippen LogP contribution in [0.1, 0.15) is 38.9 Å². The van der Waals surface area contributed by atoms with E-state index in [1.807, 2.05) is 6.92 Å². The van der Waals surface area contributed by atoms with Gasteiger partial charge in [0.15, 0.2) is 6.10 Å². The molecule has 1 aromatic carbocycles. The molecular formula is C15H22N2O4. The summed E-state index contributed by atoms with van der Waals surface area (Å²) >= 11 is 0. The van der Waals surface area contributed by atoms with E-state index < -0.39 is 24.1 Å². The fraction of sp³-hybridized carbons (Fsp3) is 0.467. The number of aliphatic hydroxyl groups is 1. The lowest BCUT2D eigenvalue weighted by Gasteiger charge is -2.18. The SMILES string of the molecule is CCNC(=O)NC(=O)C(C)Oc1ccccc1C(O)CC. The third kappa shape index (κ3) is 5.07. The van der Waals surface area contributed by atoms with Crippen LogP contribution in [0, 0.1) is 0 Å². The lowest BCUT2D eigenvalue weighted by Crippen LogP contribution is -2.45. The number of imide groups is 1. The van der Waals surface area contributed by atoms with E-state index in [2.05, 4.69) is 10.6 Å². The molecule has 1 rings (SSSR count). The Hall–Kier alpha value is -2.08. The molecule has 0 fully saturated rings. The monoisotopic (exact) mass is 294 g/mol. The summed E-state index contributed by atoms with van der Waals surface area (Å²) < 4.78 is 5.56. The molecule has 6 heteroatoms. The van der Waals surface area contributed by atoms with Gasteiger partial charge in [0, 0.05) is 12.1 Å². The van der Waals surface area contributed by atoms with Gasteiger partial charge in [-0.25, -0.2) is 4.79 Å². The number of rotatable bonds is 6. The first kappa shape index (κ1) is 17.0. The van der Waals surface area contributed by atoms with Crippen LogP contribution in [0.15, 0.2) is 24.3 Å². The number of nitrogens with one attached hydrogen (secondary N) is 2. The van der Waals surface area contributed by atoms with Crippen molar-refractivity contribution < 1.29 is 19.4 Å². The zero-order valence-electron chi connectivity index (χ0n) is 12.6. The van der Waals surface area contributed by atoms with Crippen molar-refractivity contribution in [3.8, 4) is 5.75 Å². The van der Waals surface area contributed by atoms with Crippen LogP contribution < -0.4 is 15.4 Å². The van der Waals surface area contributed by atoms with Gasteiger partial charge in [-0.2, -0.15) is 0 Å². The van der Waals surface area contributed by atoms with Gasteiger partial charge in [-0.3, -0.25) is 10.1 Å². The van der Waals surface area contributed by atoms with E-state index in [1.54, 1.807) is 38.1 Å². The average Bonchev–Trinajstić information content (AvgIpc) is 2.47. The molecule has 1 aromatic rings. The Labute approximate surface area is 124 Å². The number of ether oxygens (including phenoxy) is 1. The molecule has 6 nitrogen and oxygen atoms in total. The van der Waals surface area contributed by atoms with E-state index in [0.717, 1.165) is 0 Å². The van der Waals surface area contributed by atoms with Crippen LogP contribution in [0.2, 0.25) is 0 Å². The molecule has 2 unspecified atom stereocenters. The summed E-state index contributed by atoms with van der Waals surface area (Å²) in [4.78, 5) is 23.1. The largest absolute Gasteiger partial charge is 0.481 e. The smallest absolute Gasteiger partial charge is 0.321 e. The van der Waals surface area contributed by atoms with Gasteiger partial charge in [0.25, 0.3) is 5.91 Å². The highest BCUT2D eigenvalue weighted by molar-refractivity contribution is 5.96. The molecule has 0 radical (unpaired) electrons. The van der Waals surface area contributed by atoms with E-state index in [4.69, 9.17) is 4.74 Å². The van der Waals surface area contributed by atoms with E-state index >= 15 is 0 Å². The number of para-hydroxylation sites is 1. The molecule has 0 saturated heterocycles. The molecule has 0 heterocycles. The standard InChI is InChI=1S/C15H22N2O4/c1-4-12(18)11-8-6-7-9-13(11)21-10(3)14(19)17-15(20)16-5-2/h6-10,12,18H,4-5H2,1-3H3,(H2,16,17,19,20). The average molecular weight is 294 g/mol. The molecule has 0 aliphatic rings. The second kappa shape index (κ2) is 8.26. The van der Waals surface area contributed by atoms with E-state index in [-0.39, 0.29) is 0 Å². The molecule has 0 saturated carbocycles. The Bertz CT molecular complexity index is 490. The second-order valence-electron chi connectivity index (χ2n) is 4.57. The molecule has 0 aliphatic heterocycles. The Morgan fingerprint density at radius 3 is 2.57 bits per heavy atom. The summed E-state index contributed by atoms with van der Waals surface area (Å²) in [6.07, 6.45) is -0.961. The van der Waals surface area contributed by atoms with Gasteiger partial charge in [0.2, 0.25) is 0 Å². The normalized spacial score (nSPS) is 13.1. The summed E-state index contributed by atoms with van der Waals surface area (Å²) in [6, 6.07) is 6.43. The lowest BCUT2D eigenvalue weighted by molar-refractivity contribution is -0.126. The number of aliphatic hydroxyl groups excluding tert-OH is 1. The number of carbonyl (C=O) groups excluding carboxylic acids is 2. The molecule has 0 aromatic heterocycles. The van der Waals surface area contributed by atoms with Crippen LogP contribution in [0.4, 0.5) is 4.79 Å². The zero-order valence-corrected chi connectivity index (χ0v) is 12.6. The van der Waals surface area contributed by atoms with Crippen LogP contribution in [0.5, 0.6) is 5.75 Å². The van der Waals surface area contributed by atoms with Crippen LogP contribution in [0.3, 0.4) is 0 Å². The highest BCUT2D eigenvalue weighted by atomic mass is 16.5. The van der Waals surface area contributed by atoms with Crippen LogP contribution in [0.25, 0.3) is 0 Å². The summed E-state index contributed by atoms with van der Waals surface area (Å²) in [5.41, 5.74) is 0.623. The second-order valence-corrected chi connectivity index (χ2v) is 4.57. The molecule has 0 aliphatic carbocycles. The number of hydrogen-bond acceptors (Lipinski definition) is 4. The first-order valence-corrected chi connectivity index (χ1v) is 7.01. The maximum absolute atomic E-state index is 11.8. The Kier molecular flexibility index (Phi) is 6.68. The van der Waals surface area contributed by atoms with Gasteiger partial charge >= 0.3 is 6.03 Å². The van der Waals surface area contributed by atoms with Crippen molar-refractivity contribution in [1.82, 2.24) is 10.6 Å². The summed E-state index contributed by atoms with van der Waals surface area (Å²) in [6.45, 7) is 5.59. The van der Waals surface area contributed by atoms with Crippen molar-refractivity contribution in [3.05, 3.63) is 29.8 Å². The first-order chi connectivity index (χ1) is 9.99. The maximum Gasteiger partial charge on any atom is 0.321 e. The molecule has 0 bridgehead atoms. The number of urea groups is 1. The Morgan fingerprint density at radius 2 is 1.95 bits per heavy atom. The number of hydrogen-bond donors (Lipinski definition) is 3. The fourth-order valence-corrected chi connectivity index (χ4v) is 1.75. The third-order valence-electron chi connectivity index (χ3n) is 2.91.